The zero-order valence-corrected chi connectivity index (χ0v) is 12.9. The van der Waals surface area contributed by atoms with Gasteiger partial charge in [-0.05, 0) is 38.0 Å². The molecule has 1 fully saturated rings. The first-order chi connectivity index (χ1) is 10.6. The molecule has 1 aromatic rings. The summed E-state index contributed by atoms with van der Waals surface area (Å²) in [5.41, 5.74) is -0.717. The molecule has 0 aromatic heterocycles. The number of rotatable bonds is 5. The molecule has 1 aliphatic carbocycles. The highest BCUT2D eigenvalue weighted by Crippen LogP contribution is 2.28. The summed E-state index contributed by atoms with van der Waals surface area (Å²) in [7, 11) is 0. The van der Waals surface area contributed by atoms with Gasteiger partial charge >= 0.3 is 5.97 Å². The number of hydrogen-bond donors (Lipinski definition) is 2. The fraction of sp³-hybridized carbons (Fsp3) is 0.529. The highest BCUT2D eigenvalue weighted by atomic mass is 16.5. The fourth-order valence-electron chi connectivity index (χ4n) is 2.91. The van der Waals surface area contributed by atoms with Crippen LogP contribution in [0.1, 0.15) is 55.8 Å². The van der Waals surface area contributed by atoms with Crippen molar-refractivity contribution in [2.45, 2.75) is 51.0 Å². The lowest BCUT2D eigenvalue weighted by atomic mass is 9.90. The van der Waals surface area contributed by atoms with Gasteiger partial charge in [0.1, 0.15) is 11.3 Å². The van der Waals surface area contributed by atoms with Crippen LogP contribution in [0.25, 0.3) is 0 Å². The third-order valence-corrected chi connectivity index (χ3v) is 4.13. The van der Waals surface area contributed by atoms with E-state index < -0.39 is 11.5 Å². The van der Waals surface area contributed by atoms with Gasteiger partial charge in [-0.1, -0.05) is 31.7 Å². The van der Waals surface area contributed by atoms with Crippen molar-refractivity contribution in [3.63, 3.8) is 0 Å². The number of carboxylic acids is 1. The predicted molar refractivity (Wildman–Crippen MR) is 83.1 cm³/mol. The van der Waals surface area contributed by atoms with E-state index in [9.17, 15) is 14.7 Å². The number of carboxylic acid groups (broad SMARTS) is 1. The highest BCUT2D eigenvalue weighted by Gasteiger charge is 2.40. The summed E-state index contributed by atoms with van der Waals surface area (Å²) < 4.78 is 5.38. The van der Waals surface area contributed by atoms with Crippen molar-refractivity contribution >= 4 is 11.9 Å². The van der Waals surface area contributed by atoms with Gasteiger partial charge in [0.05, 0.1) is 6.61 Å². The quantitative estimate of drug-likeness (QED) is 0.820. The topological polar surface area (TPSA) is 75.6 Å². The Hall–Kier alpha value is -2.04. The van der Waals surface area contributed by atoms with Crippen LogP contribution in [0.2, 0.25) is 0 Å². The number of carbonyl (C=O) groups excluding carboxylic acids is 1. The Balaban J connectivity index is 2.17. The van der Waals surface area contributed by atoms with Crippen LogP contribution in [-0.2, 0) is 4.79 Å². The van der Waals surface area contributed by atoms with Crippen LogP contribution >= 0.6 is 0 Å². The van der Waals surface area contributed by atoms with Crippen molar-refractivity contribution in [2.24, 2.45) is 0 Å². The zero-order valence-electron chi connectivity index (χ0n) is 12.9. The second-order valence-electron chi connectivity index (χ2n) is 5.72. The van der Waals surface area contributed by atoms with Gasteiger partial charge in [-0.2, -0.15) is 0 Å². The average Bonchev–Trinajstić information content (AvgIpc) is 2.74. The maximum Gasteiger partial charge on any atom is 0.329 e. The Bertz CT molecular complexity index is 533. The minimum atomic E-state index is -1.14. The smallest absolute Gasteiger partial charge is 0.329 e. The monoisotopic (exact) mass is 305 g/mol. The maximum atomic E-state index is 12.5. The molecule has 0 radical (unpaired) electrons. The molecule has 1 saturated carbocycles. The SMILES string of the molecule is CCOc1cccc(C(=O)NC2(C(=O)O)CCCCCC2)c1. The number of hydrogen-bond acceptors (Lipinski definition) is 3. The van der Waals surface area contributed by atoms with E-state index in [2.05, 4.69) is 5.32 Å². The van der Waals surface area contributed by atoms with Crippen LogP contribution in [-0.4, -0.2) is 29.1 Å². The lowest BCUT2D eigenvalue weighted by Gasteiger charge is -2.29. The van der Waals surface area contributed by atoms with E-state index >= 15 is 0 Å². The lowest BCUT2D eigenvalue weighted by Crippen LogP contribution is -2.54. The molecule has 1 amide bonds. The third kappa shape index (κ3) is 3.78. The normalized spacial score (nSPS) is 17.3. The summed E-state index contributed by atoms with van der Waals surface area (Å²) in [5.74, 6) is -0.685. The van der Waals surface area contributed by atoms with Crippen molar-refractivity contribution in [1.82, 2.24) is 5.32 Å². The van der Waals surface area contributed by atoms with Gasteiger partial charge in [-0.3, -0.25) is 4.79 Å². The third-order valence-electron chi connectivity index (χ3n) is 4.13. The fourth-order valence-corrected chi connectivity index (χ4v) is 2.91. The highest BCUT2D eigenvalue weighted by molar-refractivity contribution is 5.98. The first kappa shape index (κ1) is 16.3. The Morgan fingerprint density at radius 1 is 1.23 bits per heavy atom. The molecule has 0 bridgehead atoms. The second kappa shape index (κ2) is 7.29. The molecule has 1 aromatic carbocycles. The summed E-state index contributed by atoms with van der Waals surface area (Å²) in [4.78, 5) is 24.2. The molecule has 22 heavy (non-hydrogen) atoms. The Morgan fingerprint density at radius 2 is 1.91 bits per heavy atom. The molecule has 0 aliphatic heterocycles. The second-order valence-corrected chi connectivity index (χ2v) is 5.72. The summed E-state index contributed by atoms with van der Waals surface area (Å²) in [5, 5.41) is 12.4. The summed E-state index contributed by atoms with van der Waals surface area (Å²) in [6.45, 7) is 2.39. The molecule has 5 heteroatoms. The van der Waals surface area contributed by atoms with Crippen LogP contribution in [0, 0.1) is 0 Å². The van der Waals surface area contributed by atoms with Gasteiger partial charge in [0.15, 0.2) is 0 Å². The zero-order chi connectivity index (χ0) is 16.0. The van der Waals surface area contributed by atoms with Gasteiger partial charge in [-0.15, -0.1) is 0 Å². The lowest BCUT2D eigenvalue weighted by molar-refractivity contribution is -0.145. The molecule has 5 nitrogen and oxygen atoms in total. The molecular weight excluding hydrogens is 282 g/mol. The van der Waals surface area contributed by atoms with Gasteiger partial charge in [0.2, 0.25) is 0 Å². The molecule has 0 heterocycles. The predicted octanol–water partition coefficient (Wildman–Crippen LogP) is 2.99. The Labute approximate surface area is 130 Å². The first-order valence-electron chi connectivity index (χ1n) is 7.86. The summed E-state index contributed by atoms with van der Waals surface area (Å²) >= 11 is 0. The van der Waals surface area contributed by atoms with Crippen LogP contribution < -0.4 is 10.1 Å². The molecule has 2 rings (SSSR count). The van der Waals surface area contributed by atoms with E-state index in [0.29, 0.717) is 30.8 Å². The number of carbonyl (C=O) groups is 2. The maximum absolute atomic E-state index is 12.5. The molecule has 2 N–H and O–H groups in total. The van der Waals surface area contributed by atoms with Crippen molar-refractivity contribution in [3.8, 4) is 5.75 Å². The van der Waals surface area contributed by atoms with Gasteiger partial charge < -0.3 is 15.2 Å². The molecule has 0 atom stereocenters. The number of ether oxygens (including phenoxy) is 1. The van der Waals surface area contributed by atoms with Crippen LogP contribution in [0.5, 0.6) is 5.75 Å². The van der Waals surface area contributed by atoms with E-state index in [1.165, 1.54) is 0 Å². The first-order valence-corrected chi connectivity index (χ1v) is 7.86. The van der Waals surface area contributed by atoms with Gasteiger partial charge in [0.25, 0.3) is 5.91 Å². The summed E-state index contributed by atoms with van der Waals surface area (Å²) in [6, 6.07) is 6.83. The summed E-state index contributed by atoms with van der Waals surface area (Å²) in [6.07, 6.45) is 4.66. The number of amides is 1. The number of nitrogens with one attached hydrogen (secondary N) is 1. The number of benzene rings is 1. The van der Waals surface area contributed by atoms with E-state index in [0.717, 1.165) is 25.7 Å². The van der Waals surface area contributed by atoms with Crippen LogP contribution in [0.15, 0.2) is 24.3 Å². The van der Waals surface area contributed by atoms with Crippen LogP contribution in [0.4, 0.5) is 0 Å². The molecule has 0 unspecified atom stereocenters. The van der Waals surface area contributed by atoms with E-state index in [1.54, 1.807) is 24.3 Å². The Morgan fingerprint density at radius 3 is 2.50 bits per heavy atom. The van der Waals surface area contributed by atoms with E-state index in [-0.39, 0.29) is 5.91 Å². The molecule has 120 valence electrons. The van der Waals surface area contributed by atoms with E-state index in [4.69, 9.17) is 4.74 Å². The van der Waals surface area contributed by atoms with Crippen molar-refractivity contribution in [2.75, 3.05) is 6.61 Å². The van der Waals surface area contributed by atoms with Gasteiger partial charge in [-0.25, -0.2) is 4.79 Å². The van der Waals surface area contributed by atoms with Crippen molar-refractivity contribution in [1.29, 1.82) is 0 Å². The van der Waals surface area contributed by atoms with E-state index in [1.807, 2.05) is 6.92 Å². The van der Waals surface area contributed by atoms with Crippen molar-refractivity contribution < 1.29 is 19.4 Å². The average molecular weight is 305 g/mol. The largest absolute Gasteiger partial charge is 0.494 e. The van der Waals surface area contributed by atoms with Crippen molar-refractivity contribution in [3.05, 3.63) is 29.8 Å². The molecule has 1 aliphatic rings. The molecular formula is C17H23NO4. The Kier molecular flexibility index (Phi) is 5.41. The van der Waals surface area contributed by atoms with Gasteiger partial charge in [0, 0.05) is 5.56 Å². The van der Waals surface area contributed by atoms with Crippen LogP contribution in [0.3, 0.4) is 0 Å². The minimum Gasteiger partial charge on any atom is -0.494 e. The number of aliphatic carboxylic acids is 1. The molecule has 0 saturated heterocycles. The molecule has 0 spiro atoms. The minimum absolute atomic E-state index is 0.356. The standard InChI is InChI=1S/C17H23NO4/c1-2-22-14-9-7-8-13(12-14)15(19)18-17(16(20)21)10-5-3-4-6-11-17/h7-9,12H,2-6,10-11H2,1H3,(H,18,19)(H,20,21).